The summed E-state index contributed by atoms with van der Waals surface area (Å²) in [6.07, 6.45) is 0. The van der Waals surface area contributed by atoms with Gasteiger partial charge in [-0.1, -0.05) is 0 Å². The van der Waals surface area contributed by atoms with Crippen LogP contribution in [0.5, 0.6) is 0 Å². The van der Waals surface area contributed by atoms with Gasteiger partial charge in [0.15, 0.2) is 4.98 Å². The first kappa shape index (κ1) is 14.6. The van der Waals surface area contributed by atoms with Crippen LogP contribution in [0.25, 0.3) is 4.98 Å². The van der Waals surface area contributed by atoms with Crippen molar-refractivity contribution in [1.82, 2.24) is 0 Å². The van der Waals surface area contributed by atoms with E-state index >= 15 is 0 Å². The van der Waals surface area contributed by atoms with Gasteiger partial charge in [0.25, 0.3) is 0 Å². The van der Waals surface area contributed by atoms with Crippen molar-refractivity contribution in [3.05, 3.63) is 35.1 Å². The van der Waals surface area contributed by atoms with Crippen LogP contribution in [0.3, 0.4) is 0 Å². The van der Waals surface area contributed by atoms with Crippen LogP contribution in [0.4, 0.5) is 35.3 Å². The normalized spacial score (nSPS) is 14.9. The second kappa shape index (κ2) is 3.56. The van der Waals surface area contributed by atoms with Gasteiger partial charge in [-0.2, -0.15) is 0 Å². The molecule has 92 valence electrons. The van der Waals surface area contributed by atoms with Gasteiger partial charge in [-0.3, -0.25) is 0 Å². The van der Waals surface area contributed by atoms with Crippen molar-refractivity contribution in [2.75, 3.05) is 0 Å². The van der Waals surface area contributed by atoms with E-state index in [0.29, 0.717) is 5.69 Å². The Balaban J connectivity index is 0.000000293. The van der Waals surface area contributed by atoms with Crippen molar-refractivity contribution >= 4 is 13.5 Å². The Bertz CT molecular complexity index is 389. The smallest absolute Gasteiger partial charge is 0.207 e. The Morgan fingerprint density at radius 1 is 0.875 bits per heavy atom. The van der Waals surface area contributed by atoms with Crippen molar-refractivity contribution in [3.63, 3.8) is 0 Å². The molecule has 0 spiro atoms. The van der Waals surface area contributed by atoms with Crippen LogP contribution in [0.15, 0.2) is 24.3 Å². The minimum Gasteiger partial charge on any atom is -0.207 e. The second-order valence-electron chi connectivity index (χ2n) is 2.53. The van der Waals surface area contributed by atoms with E-state index in [9.17, 15) is 29.6 Å². The molecule has 16 heavy (non-hydrogen) atoms. The Hall–Kier alpha value is -1.42. The zero-order valence-electron chi connectivity index (χ0n) is 7.30. The minimum absolute atomic E-state index is 0.331. The number of halogens is 7. The van der Waals surface area contributed by atoms with Crippen LogP contribution in [0, 0.1) is 11.2 Å². The van der Waals surface area contributed by atoms with Crippen molar-refractivity contribution in [1.29, 1.82) is 5.39 Å². The molecule has 0 radical (unpaired) electrons. The minimum atomic E-state index is -10.7. The van der Waals surface area contributed by atoms with Crippen LogP contribution in [-0.2, 0) is 0 Å². The molecule has 0 aromatic heterocycles. The molecule has 0 saturated carbocycles. The molecule has 0 fully saturated rings. The molecule has 0 saturated heterocycles. The number of diazo groups is 1. The monoisotopic (exact) mass is 268 g/mol. The number of benzene rings is 1. The maximum atomic E-state index is 12.1. The van der Waals surface area contributed by atoms with Crippen LogP contribution in [0.2, 0.25) is 0 Å². The zero-order valence-corrected chi connectivity index (χ0v) is 8.19. The van der Waals surface area contributed by atoms with Gasteiger partial charge in [0.2, 0.25) is 5.39 Å². The molecule has 0 aliphatic carbocycles. The Labute approximate surface area is 84.5 Å². The molecule has 0 aliphatic heterocycles. The molecule has 2 nitrogen and oxygen atoms in total. The summed E-state index contributed by atoms with van der Waals surface area (Å²) >= 11 is 0. The number of hydrogen-bond donors (Lipinski definition) is 0. The third-order valence-corrected chi connectivity index (χ3v) is 0.942. The summed E-state index contributed by atoms with van der Waals surface area (Å²) in [6.45, 7) is 0. The van der Waals surface area contributed by atoms with E-state index in [1.165, 1.54) is 24.3 Å². The predicted molar refractivity (Wildman–Crippen MR) is 44.7 cm³/mol. The summed E-state index contributed by atoms with van der Waals surface area (Å²) in [6, 6.07) is 5.23. The summed E-state index contributed by atoms with van der Waals surface area (Å²) < 4.78 is 71.3. The molecular weight excluding hydrogens is 264 g/mol. The first-order valence-corrected chi connectivity index (χ1v) is 5.48. The van der Waals surface area contributed by atoms with Crippen molar-refractivity contribution in [2.24, 2.45) is 0 Å². The Morgan fingerprint density at radius 2 is 1.19 bits per heavy atom. The third kappa shape index (κ3) is 15.1. The fraction of sp³-hybridized carbons (Fsp3) is 0. The molecule has 10 heteroatoms. The first-order valence-electron chi connectivity index (χ1n) is 3.45. The summed E-state index contributed by atoms with van der Waals surface area (Å²) in [7, 11) is -10.7. The first-order chi connectivity index (χ1) is 6.78. The van der Waals surface area contributed by atoms with Gasteiger partial charge >= 0.3 is 38.7 Å². The van der Waals surface area contributed by atoms with Gasteiger partial charge in [0.05, 0.1) is 0 Å². The van der Waals surface area contributed by atoms with Crippen LogP contribution in [0.1, 0.15) is 0 Å². The van der Waals surface area contributed by atoms with Crippen molar-refractivity contribution in [3.8, 4) is 0 Å². The molecule has 0 atom stereocenters. The van der Waals surface area contributed by atoms with Gasteiger partial charge < -0.3 is 0 Å². The van der Waals surface area contributed by atoms with E-state index in [1.54, 1.807) is 0 Å². The van der Waals surface area contributed by atoms with Crippen LogP contribution >= 0.6 is 7.81 Å². The van der Waals surface area contributed by atoms with Crippen molar-refractivity contribution in [2.45, 2.75) is 0 Å². The zero-order chi connectivity index (χ0) is 13.1. The number of nitrogens with zero attached hydrogens (tertiary/aromatic N) is 2. The summed E-state index contributed by atoms with van der Waals surface area (Å²) in [4.78, 5) is 2.84. The molecule has 0 N–H and O–H groups in total. The van der Waals surface area contributed by atoms with Crippen molar-refractivity contribution < 1.29 is 29.6 Å². The fourth-order valence-electron chi connectivity index (χ4n) is 0.508. The van der Waals surface area contributed by atoms with E-state index < -0.39 is 7.81 Å². The molecule has 0 amide bonds. The fourth-order valence-corrected chi connectivity index (χ4v) is 0.508. The summed E-state index contributed by atoms with van der Waals surface area (Å²) in [5.74, 6) is -0.331. The molecule has 1 aromatic carbocycles. The molecule has 0 bridgehead atoms. The second-order valence-corrected chi connectivity index (χ2v) is 4.45. The Morgan fingerprint density at radius 3 is 1.44 bits per heavy atom. The molecule has 0 unspecified atom stereocenters. The average molecular weight is 268 g/mol. The average Bonchev–Trinajstić information content (AvgIpc) is 2.00. The largest absolute Gasteiger partial charge is 0.385 e. The number of rotatable bonds is 0. The standard InChI is InChI=1S/C6H4FN2.F6P/c7-5-1-3-6(9-8)4-2-5;1-7(2,3,4,5)6/h1-4H;/q+1;-1. The van der Waals surface area contributed by atoms with Gasteiger partial charge in [-0.05, 0) is 12.1 Å². The molecule has 0 heterocycles. The molecule has 1 aromatic rings. The maximum absolute atomic E-state index is 12.1. The van der Waals surface area contributed by atoms with Crippen LogP contribution in [-0.4, -0.2) is 0 Å². The summed E-state index contributed by atoms with van der Waals surface area (Å²) in [5, 5.41) is 8.13. The number of hydrogen-bond acceptors (Lipinski definition) is 1. The van der Waals surface area contributed by atoms with Gasteiger partial charge in [0, 0.05) is 12.1 Å². The molecule has 1 rings (SSSR count). The van der Waals surface area contributed by atoms with E-state index in [1.807, 2.05) is 0 Å². The predicted octanol–water partition coefficient (Wildman–Crippen LogP) is 5.69. The molecule has 0 aliphatic rings. The van der Waals surface area contributed by atoms with E-state index in [4.69, 9.17) is 5.39 Å². The third-order valence-electron chi connectivity index (χ3n) is 0.942. The summed E-state index contributed by atoms with van der Waals surface area (Å²) in [5.41, 5.74) is 0.358. The maximum Gasteiger partial charge on any atom is 0.385 e. The van der Waals surface area contributed by atoms with Crippen LogP contribution < -0.4 is 0 Å². The van der Waals surface area contributed by atoms with E-state index in [-0.39, 0.29) is 5.82 Å². The Kier molecular flexibility index (Phi) is 3.24. The van der Waals surface area contributed by atoms with Gasteiger partial charge in [0.1, 0.15) is 5.82 Å². The SMILES string of the molecule is F[P-](F)(F)(F)(F)F.N#[N+]c1ccc(F)cc1. The molecular formula is C6H4F7N2P. The van der Waals surface area contributed by atoms with Gasteiger partial charge in [-0.25, -0.2) is 4.39 Å². The van der Waals surface area contributed by atoms with E-state index in [0.717, 1.165) is 0 Å². The van der Waals surface area contributed by atoms with Gasteiger partial charge in [-0.15, -0.1) is 0 Å². The quantitative estimate of drug-likeness (QED) is 0.337. The van der Waals surface area contributed by atoms with E-state index in [2.05, 4.69) is 4.98 Å². The topological polar surface area (TPSA) is 28.1 Å².